The third kappa shape index (κ3) is 7.14. The van der Waals surface area contributed by atoms with Gasteiger partial charge in [-0.15, -0.1) is 0 Å². The van der Waals surface area contributed by atoms with Crippen molar-refractivity contribution in [3.05, 3.63) is 23.8 Å². The summed E-state index contributed by atoms with van der Waals surface area (Å²) < 4.78 is 35.8. The number of halogens is 2. The Morgan fingerprint density at radius 1 is 1.25 bits per heavy atom. The molecule has 2 N–H and O–H groups in total. The summed E-state index contributed by atoms with van der Waals surface area (Å²) in [5.41, 5.74) is 0.558. The molecule has 0 atom stereocenters. The molecule has 0 spiro atoms. The molecule has 1 fully saturated rings. The molecule has 0 radical (unpaired) electrons. The van der Waals surface area contributed by atoms with Crippen LogP contribution >= 0.6 is 0 Å². The molecule has 0 aliphatic carbocycles. The Balaban J connectivity index is 2.05. The van der Waals surface area contributed by atoms with Crippen molar-refractivity contribution in [2.24, 2.45) is 10.9 Å². The number of hydrogen-bond donors (Lipinski definition) is 2. The van der Waals surface area contributed by atoms with Crippen LogP contribution in [0.3, 0.4) is 0 Å². The fourth-order valence-corrected chi connectivity index (χ4v) is 3.19. The number of rotatable bonds is 9. The SMILES string of the molecule is CCNC(=NCc1cccc(OCC)c1OC(F)F)NCC1CCN(C)CC1. The number of aliphatic imine (C=N–C) groups is 1. The number of para-hydroxylation sites is 1. The van der Waals surface area contributed by atoms with Crippen LogP contribution in [0.15, 0.2) is 23.2 Å². The second-order valence-electron chi connectivity index (χ2n) is 6.88. The minimum Gasteiger partial charge on any atom is -0.490 e. The largest absolute Gasteiger partial charge is 0.490 e. The van der Waals surface area contributed by atoms with Crippen LogP contribution < -0.4 is 20.1 Å². The van der Waals surface area contributed by atoms with Gasteiger partial charge in [0, 0.05) is 18.7 Å². The fourth-order valence-electron chi connectivity index (χ4n) is 3.19. The average molecular weight is 398 g/mol. The number of likely N-dealkylation sites (tertiary alicyclic amines) is 1. The molecular weight excluding hydrogens is 366 g/mol. The van der Waals surface area contributed by atoms with E-state index in [0.717, 1.165) is 39.0 Å². The van der Waals surface area contributed by atoms with E-state index in [9.17, 15) is 8.78 Å². The highest BCUT2D eigenvalue weighted by Gasteiger charge is 2.18. The molecule has 1 aromatic rings. The molecule has 1 heterocycles. The molecule has 1 saturated heterocycles. The summed E-state index contributed by atoms with van der Waals surface area (Å²) >= 11 is 0. The Kier molecular flexibility index (Phi) is 9.27. The van der Waals surface area contributed by atoms with Crippen molar-refractivity contribution in [2.75, 3.05) is 39.8 Å². The predicted octanol–water partition coefficient (Wildman–Crippen LogP) is 3.08. The minimum atomic E-state index is -2.92. The maximum absolute atomic E-state index is 12.9. The van der Waals surface area contributed by atoms with Gasteiger partial charge in [-0.25, -0.2) is 4.99 Å². The zero-order valence-corrected chi connectivity index (χ0v) is 17.0. The van der Waals surface area contributed by atoms with Crippen LogP contribution in [0.2, 0.25) is 0 Å². The lowest BCUT2D eigenvalue weighted by molar-refractivity contribution is -0.0520. The van der Waals surface area contributed by atoms with Crippen molar-refractivity contribution < 1.29 is 18.3 Å². The monoisotopic (exact) mass is 398 g/mol. The first-order valence-electron chi connectivity index (χ1n) is 9.93. The summed E-state index contributed by atoms with van der Waals surface area (Å²) in [5.74, 6) is 1.64. The van der Waals surface area contributed by atoms with Gasteiger partial charge in [-0.3, -0.25) is 0 Å². The molecule has 0 bridgehead atoms. The highest BCUT2D eigenvalue weighted by molar-refractivity contribution is 5.79. The lowest BCUT2D eigenvalue weighted by atomic mass is 9.97. The van der Waals surface area contributed by atoms with E-state index in [4.69, 9.17) is 9.47 Å². The summed E-state index contributed by atoms with van der Waals surface area (Å²) in [5, 5.41) is 6.59. The smallest absolute Gasteiger partial charge is 0.387 e. The van der Waals surface area contributed by atoms with Crippen LogP contribution in [0.25, 0.3) is 0 Å². The van der Waals surface area contributed by atoms with Crippen molar-refractivity contribution >= 4 is 5.96 Å². The van der Waals surface area contributed by atoms with E-state index in [1.807, 2.05) is 6.92 Å². The van der Waals surface area contributed by atoms with Gasteiger partial charge in [-0.1, -0.05) is 12.1 Å². The number of alkyl halides is 2. The van der Waals surface area contributed by atoms with Crippen LogP contribution in [0.1, 0.15) is 32.3 Å². The van der Waals surface area contributed by atoms with E-state index in [1.165, 1.54) is 0 Å². The third-order valence-corrected chi connectivity index (χ3v) is 4.72. The molecule has 1 aliphatic heterocycles. The van der Waals surface area contributed by atoms with Crippen LogP contribution in [-0.4, -0.2) is 57.3 Å². The summed E-state index contributed by atoms with van der Waals surface area (Å²) in [6.07, 6.45) is 2.32. The van der Waals surface area contributed by atoms with E-state index in [2.05, 4.69) is 27.6 Å². The van der Waals surface area contributed by atoms with Crippen LogP contribution in [0.4, 0.5) is 8.78 Å². The summed E-state index contributed by atoms with van der Waals surface area (Å²) in [7, 11) is 2.14. The van der Waals surface area contributed by atoms with Gasteiger partial charge in [0.25, 0.3) is 0 Å². The zero-order chi connectivity index (χ0) is 20.4. The maximum atomic E-state index is 12.9. The standard InChI is InChI=1S/C20H32F2N4O2/c1-4-23-20(24-13-15-9-11-26(3)12-10-15)25-14-16-7-6-8-17(27-5-2)18(16)28-19(21)22/h6-8,15,19H,4-5,9-14H2,1-3H3,(H2,23,24,25). The van der Waals surface area contributed by atoms with Crippen molar-refractivity contribution in [2.45, 2.75) is 39.8 Å². The van der Waals surface area contributed by atoms with E-state index < -0.39 is 6.61 Å². The highest BCUT2D eigenvalue weighted by atomic mass is 19.3. The Morgan fingerprint density at radius 2 is 2.00 bits per heavy atom. The number of ether oxygens (including phenoxy) is 2. The molecule has 8 heteroatoms. The number of nitrogens with one attached hydrogen (secondary N) is 2. The quantitative estimate of drug-likeness (QED) is 0.495. The Labute approximate surface area is 166 Å². The van der Waals surface area contributed by atoms with Gasteiger partial charge in [-0.05, 0) is 58.8 Å². The topological polar surface area (TPSA) is 58.1 Å². The predicted molar refractivity (Wildman–Crippen MR) is 107 cm³/mol. The van der Waals surface area contributed by atoms with Crippen molar-refractivity contribution in [1.29, 1.82) is 0 Å². The van der Waals surface area contributed by atoms with Crippen molar-refractivity contribution in [1.82, 2.24) is 15.5 Å². The van der Waals surface area contributed by atoms with Crippen LogP contribution in [0, 0.1) is 5.92 Å². The third-order valence-electron chi connectivity index (χ3n) is 4.72. The van der Waals surface area contributed by atoms with Crippen molar-refractivity contribution in [3.63, 3.8) is 0 Å². The molecule has 0 unspecified atom stereocenters. The van der Waals surface area contributed by atoms with Gasteiger partial charge in [-0.2, -0.15) is 8.78 Å². The Morgan fingerprint density at radius 3 is 2.64 bits per heavy atom. The van der Waals surface area contributed by atoms with E-state index in [-0.39, 0.29) is 12.3 Å². The number of guanidine groups is 1. The number of hydrogen-bond acceptors (Lipinski definition) is 4. The lowest BCUT2D eigenvalue weighted by Gasteiger charge is -2.29. The van der Waals surface area contributed by atoms with Gasteiger partial charge in [0.15, 0.2) is 17.5 Å². The first kappa shape index (κ1) is 22.2. The molecule has 28 heavy (non-hydrogen) atoms. The molecule has 0 amide bonds. The number of piperidine rings is 1. The Bertz CT molecular complexity index is 620. The Hall–Kier alpha value is -2.09. The second-order valence-corrected chi connectivity index (χ2v) is 6.88. The minimum absolute atomic E-state index is 0.0502. The van der Waals surface area contributed by atoms with Gasteiger partial charge in [0.1, 0.15) is 0 Å². The molecule has 6 nitrogen and oxygen atoms in total. The molecule has 1 aliphatic rings. The average Bonchev–Trinajstić information content (AvgIpc) is 2.67. The molecule has 0 aromatic heterocycles. The van der Waals surface area contributed by atoms with Gasteiger partial charge in [0.05, 0.1) is 13.2 Å². The van der Waals surface area contributed by atoms with E-state index in [1.54, 1.807) is 25.1 Å². The summed E-state index contributed by atoms with van der Waals surface area (Å²) in [6, 6.07) is 5.11. The zero-order valence-electron chi connectivity index (χ0n) is 17.0. The van der Waals surface area contributed by atoms with E-state index in [0.29, 0.717) is 29.8 Å². The summed E-state index contributed by atoms with van der Waals surface area (Å²) in [6.45, 7) is 5.24. The molecule has 2 rings (SSSR count). The van der Waals surface area contributed by atoms with Gasteiger partial charge < -0.3 is 25.0 Å². The van der Waals surface area contributed by atoms with Crippen molar-refractivity contribution in [3.8, 4) is 11.5 Å². The van der Waals surface area contributed by atoms with Crippen LogP contribution in [-0.2, 0) is 6.54 Å². The lowest BCUT2D eigenvalue weighted by Crippen LogP contribution is -2.42. The molecule has 0 saturated carbocycles. The number of nitrogens with zero attached hydrogens (tertiary/aromatic N) is 2. The first-order chi connectivity index (χ1) is 13.5. The number of benzene rings is 1. The molecule has 158 valence electrons. The first-order valence-corrected chi connectivity index (χ1v) is 9.93. The van der Waals surface area contributed by atoms with Crippen LogP contribution in [0.5, 0.6) is 11.5 Å². The van der Waals surface area contributed by atoms with Gasteiger partial charge >= 0.3 is 6.61 Å². The normalized spacial score (nSPS) is 16.3. The van der Waals surface area contributed by atoms with Gasteiger partial charge in [0.2, 0.25) is 0 Å². The second kappa shape index (κ2) is 11.7. The summed E-state index contributed by atoms with van der Waals surface area (Å²) in [4.78, 5) is 6.89. The molecule has 1 aromatic carbocycles. The van der Waals surface area contributed by atoms with E-state index >= 15 is 0 Å². The fraction of sp³-hybridized carbons (Fsp3) is 0.650. The highest BCUT2D eigenvalue weighted by Crippen LogP contribution is 2.33. The molecular formula is C20H32F2N4O2. The maximum Gasteiger partial charge on any atom is 0.387 e.